The van der Waals surface area contributed by atoms with Crippen molar-refractivity contribution in [3.05, 3.63) is 26.8 Å². The van der Waals surface area contributed by atoms with Crippen molar-refractivity contribution >= 4 is 15.9 Å². The molecule has 0 amide bonds. The summed E-state index contributed by atoms with van der Waals surface area (Å²) >= 11 is 3.15. The van der Waals surface area contributed by atoms with Gasteiger partial charge in [0.2, 0.25) is 0 Å². The molecule has 1 aliphatic carbocycles. The van der Waals surface area contributed by atoms with Crippen molar-refractivity contribution in [3.8, 4) is 0 Å². The second kappa shape index (κ2) is 4.67. The highest BCUT2D eigenvalue weighted by Gasteiger charge is 2.38. The molecule has 0 bridgehead atoms. The lowest BCUT2D eigenvalue weighted by Gasteiger charge is -2.27. The van der Waals surface area contributed by atoms with E-state index in [2.05, 4.69) is 25.9 Å². The Balaban J connectivity index is 2.39. The number of aromatic amines is 1. The number of hydrogen-bond donors (Lipinski definition) is 1. The zero-order valence-corrected chi connectivity index (χ0v) is 10.8. The van der Waals surface area contributed by atoms with Crippen molar-refractivity contribution in [2.45, 2.75) is 38.2 Å². The van der Waals surface area contributed by atoms with Gasteiger partial charge < -0.3 is 9.72 Å². The topological polar surface area (TPSA) is 55.0 Å². The SMILES string of the molecule is CCOC1(c2ncc(Br)c(=O)[nH]2)CCCC1. The molecule has 0 unspecified atom stereocenters. The average Bonchev–Trinajstić information content (AvgIpc) is 2.72. The van der Waals surface area contributed by atoms with E-state index in [1.807, 2.05) is 6.92 Å². The Labute approximate surface area is 103 Å². The van der Waals surface area contributed by atoms with Gasteiger partial charge in [-0.2, -0.15) is 0 Å². The molecule has 0 spiro atoms. The molecule has 1 N–H and O–H groups in total. The van der Waals surface area contributed by atoms with E-state index in [1.54, 1.807) is 6.20 Å². The lowest BCUT2D eigenvalue weighted by Crippen LogP contribution is -2.31. The molecule has 16 heavy (non-hydrogen) atoms. The maximum absolute atomic E-state index is 11.5. The van der Waals surface area contributed by atoms with Crippen LogP contribution >= 0.6 is 15.9 Å². The van der Waals surface area contributed by atoms with E-state index in [1.165, 1.54) is 0 Å². The number of ether oxygens (including phenoxy) is 1. The Kier molecular flexibility index (Phi) is 3.44. The number of H-pyrrole nitrogens is 1. The van der Waals surface area contributed by atoms with Gasteiger partial charge in [-0.25, -0.2) is 4.98 Å². The fourth-order valence-corrected chi connectivity index (χ4v) is 2.48. The molecule has 1 saturated carbocycles. The maximum Gasteiger partial charge on any atom is 0.265 e. The lowest BCUT2D eigenvalue weighted by atomic mass is 10.0. The first kappa shape index (κ1) is 11.8. The Morgan fingerprint density at radius 1 is 1.56 bits per heavy atom. The van der Waals surface area contributed by atoms with E-state index in [0.717, 1.165) is 25.7 Å². The van der Waals surface area contributed by atoms with Crippen molar-refractivity contribution in [1.29, 1.82) is 0 Å². The molecule has 4 nitrogen and oxygen atoms in total. The third kappa shape index (κ3) is 2.06. The molecule has 1 heterocycles. The first-order valence-corrected chi connectivity index (χ1v) is 6.36. The summed E-state index contributed by atoms with van der Waals surface area (Å²) in [6.45, 7) is 2.61. The Morgan fingerprint density at radius 2 is 2.25 bits per heavy atom. The van der Waals surface area contributed by atoms with Crippen LogP contribution in [0.5, 0.6) is 0 Å². The van der Waals surface area contributed by atoms with E-state index < -0.39 is 0 Å². The van der Waals surface area contributed by atoms with Crippen molar-refractivity contribution < 1.29 is 4.74 Å². The molecule has 1 aliphatic rings. The number of aromatic nitrogens is 2. The van der Waals surface area contributed by atoms with Gasteiger partial charge in [0.25, 0.3) is 5.56 Å². The monoisotopic (exact) mass is 286 g/mol. The van der Waals surface area contributed by atoms with Crippen molar-refractivity contribution in [2.75, 3.05) is 6.61 Å². The summed E-state index contributed by atoms with van der Waals surface area (Å²) in [5, 5.41) is 0. The molecule has 1 aromatic heterocycles. The number of nitrogens with zero attached hydrogens (tertiary/aromatic N) is 1. The number of hydrogen-bond acceptors (Lipinski definition) is 3. The second-order valence-electron chi connectivity index (χ2n) is 4.04. The van der Waals surface area contributed by atoms with Gasteiger partial charge >= 0.3 is 0 Å². The molecule has 1 aromatic rings. The molecule has 5 heteroatoms. The van der Waals surface area contributed by atoms with Crippen LogP contribution in [0.4, 0.5) is 0 Å². The third-order valence-electron chi connectivity index (χ3n) is 3.02. The van der Waals surface area contributed by atoms with Crippen LogP contribution < -0.4 is 5.56 Å². The van der Waals surface area contributed by atoms with Gasteiger partial charge in [-0.3, -0.25) is 4.79 Å². The minimum absolute atomic E-state index is 0.143. The van der Waals surface area contributed by atoms with Crippen molar-refractivity contribution in [3.63, 3.8) is 0 Å². The predicted molar refractivity (Wildman–Crippen MR) is 64.3 cm³/mol. The molecule has 88 valence electrons. The minimum atomic E-state index is -0.366. The average molecular weight is 287 g/mol. The molecule has 0 atom stereocenters. The lowest BCUT2D eigenvalue weighted by molar-refractivity contribution is -0.0459. The molecular weight excluding hydrogens is 272 g/mol. The van der Waals surface area contributed by atoms with E-state index in [9.17, 15) is 4.79 Å². The van der Waals surface area contributed by atoms with Gasteiger partial charge in [-0.05, 0) is 48.5 Å². The second-order valence-corrected chi connectivity index (χ2v) is 4.90. The molecule has 0 aromatic carbocycles. The highest BCUT2D eigenvalue weighted by molar-refractivity contribution is 9.10. The smallest absolute Gasteiger partial charge is 0.265 e. The van der Waals surface area contributed by atoms with Crippen molar-refractivity contribution in [1.82, 2.24) is 9.97 Å². The van der Waals surface area contributed by atoms with Crippen LogP contribution in [0.15, 0.2) is 15.5 Å². The van der Waals surface area contributed by atoms with E-state index >= 15 is 0 Å². The van der Waals surface area contributed by atoms with Crippen LogP contribution in [0, 0.1) is 0 Å². The van der Waals surface area contributed by atoms with Gasteiger partial charge in [0.05, 0.1) is 0 Å². The number of rotatable bonds is 3. The Morgan fingerprint density at radius 3 is 2.81 bits per heavy atom. The number of halogens is 1. The zero-order valence-electron chi connectivity index (χ0n) is 9.25. The van der Waals surface area contributed by atoms with E-state index in [-0.39, 0.29) is 11.2 Å². The van der Waals surface area contributed by atoms with Crippen LogP contribution in [0.3, 0.4) is 0 Å². The summed E-state index contributed by atoms with van der Waals surface area (Å²) in [4.78, 5) is 18.6. The van der Waals surface area contributed by atoms with E-state index in [4.69, 9.17) is 4.74 Å². The minimum Gasteiger partial charge on any atom is -0.367 e. The van der Waals surface area contributed by atoms with Crippen LogP contribution in [-0.4, -0.2) is 16.6 Å². The summed E-state index contributed by atoms with van der Waals surface area (Å²) in [5.74, 6) is 0.667. The normalized spacial score (nSPS) is 18.9. The van der Waals surface area contributed by atoms with Gasteiger partial charge in [-0.15, -0.1) is 0 Å². The summed E-state index contributed by atoms with van der Waals surface area (Å²) in [7, 11) is 0. The summed E-state index contributed by atoms with van der Waals surface area (Å²) in [6, 6.07) is 0. The quantitative estimate of drug-likeness (QED) is 0.928. The molecule has 0 radical (unpaired) electrons. The van der Waals surface area contributed by atoms with Gasteiger partial charge in [0.15, 0.2) is 0 Å². The van der Waals surface area contributed by atoms with Crippen LogP contribution in [0.1, 0.15) is 38.4 Å². The molecule has 1 fully saturated rings. The standard InChI is InChI=1S/C11H15BrN2O2/c1-2-16-11(5-3-4-6-11)10-13-7-8(12)9(15)14-10/h7H,2-6H2,1H3,(H,13,14,15). The predicted octanol–water partition coefficient (Wildman–Crippen LogP) is 2.34. The largest absolute Gasteiger partial charge is 0.367 e. The van der Waals surface area contributed by atoms with Crippen LogP contribution in [0.25, 0.3) is 0 Å². The van der Waals surface area contributed by atoms with Crippen LogP contribution in [-0.2, 0) is 10.3 Å². The van der Waals surface area contributed by atoms with Gasteiger partial charge in [0.1, 0.15) is 15.9 Å². The molecular formula is C11H15BrN2O2. The first-order chi connectivity index (χ1) is 7.68. The highest BCUT2D eigenvalue weighted by atomic mass is 79.9. The molecule has 2 rings (SSSR count). The maximum atomic E-state index is 11.5. The highest BCUT2D eigenvalue weighted by Crippen LogP contribution is 2.40. The third-order valence-corrected chi connectivity index (χ3v) is 3.58. The fourth-order valence-electron chi connectivity index (χ4n) is 2.28. The van der Waals surface area contributed by atoms with Crippen LogP contribution in [0.2, 0.25) is 0 Å². The molecule has 0 saturated heterocycles. The Bertz CT molecular complexity index is 424. The van der Waals surface area contributed by atoms with E-state index in [0.29, 0.717) is 16.9 Å². The van der Waals surface area contributed by atoms with Gasteiger partial charge in [0, 0.05) is 12.8 Å². The zero-order chi connectivity index (χ0) is 11.6. The van der Waals surface area contributed by atoms with Gasteiger partial charge in [-0.1, -0.05) is 0 Å². The summed E-state index contributed by atoms with van der Waals surface area (Å²) < 4.78 is 6.28. The Hall–Kier alpha value is -0.680. The summed E-state index contributed by atoms with van der Waals surface area (Å²) in [5.41, 5.74) is -0.509. The molecule has 0 aliphatic heterocycles. The number of nitrogens with one attached hydrogen (secondary N) is 1. The fraction of sp³-hybridized carbons (Fsp3) is 0.636. The first-order valence-electron chi connectivity index (χ1n) is 5.57. The summed E-state index contributed by atoms with van der Waals surface area (Å²) in [6.07, 6.45) is 5.67. The van der Waals surface area contributed by atoms with Crippen molar-refractivity contribution in [2.24, 2.45) is 0 Å².